The summed E-state index contributed by atoms with van der Waals surface area (Å²) < 4.78 is 32.3. The Kier molecular flexibility index (Phi) is 6.08. The van der Waals surface area contributed by atoms with Crippen LogP contribution in [-0.2, 0) is 4.74 Å². The highest BCUT2D eigenvalue weighted by Crippen LogP contribution is 2.20. The third-order valence-corrected chi connectivity index (χ3v) is 3.80. The molecule has 2 unspecified atom stereocenters. The van der Waals surface area contributed by atoms with E-state index < -0.39 is 11.6 Å². The van der Waals surface area contributed by atoms with Gasteiger partial charge in [0.1, 0.15) is 11.6 Å². The van der Waals surface area contributed by atoms with Crippen molar-refractivity contribution >= 4 is 0 Å². The number of halogens is 2. The summed E-state index contributed by atoms with van der Waals surface area (Å²) in [5, 5.41) is 3.31. The lowest BCUT2D eigenvalue weighted by Crippen LogP contribution is -2.42. The van der Waals surface area contributed by atoms with Crippen LogP contribution in [0.3, 0.4) is 0 Å². The van der Waals surface area contributed by atoms with Crippen LogP contribution in [0.15, 0.2) is 18.2 Å². The van der Waals surface area contributed by atoms with Crippen molar-refractivity contribution in [2.45, 2.75) is 32.4 Å². The molecule has 0 bridgehead atoms. The Balaban J connectivity index is 1.98. The molecule has 0 saturated carbocycles. The van der Waals surface area contributed by atoms with Crippen molar-refractivity contribution in [3.63, 3.8) is 0 Å². The minimum absolute atomic E-state index is 0.0293. The predicted octanol–water partition coefficient (Wildman–Crippen LogP) is 2.73. The summed E-state index contributed by atoms with van der Waals surface area (Å²) in [5.74, 6) is -1.04. The van der Waals surface area contributed by atoms with E-state index in [1.54, 1.807) is 0 Å². The van der Waals surface area contributed by atoms with Gasteiger partial charge in [-0.3, -0.25) is 4.90 Å². The second-order valence-electron chi connectivity index (χ2n) is 5.58. The second-order valence-corrected chi connectivity index (χ2v) is 5.58. The Bertz CT molecular complexity index is 436. The van der Waals surface area contributed by atoms with E-state index in [4.69, 9.17) is 4.74 Å². The molecule has 0 radical (unpaired) electrons. The molecule has 1 saturated heterocycles. The molecule has 0 aromatic heterocycles. The minimum atomic E-state index is -0.520. The van der Waals surface area contributed by atoms with Crippen LogP contribution in [0.2, 0.25) is 0 Å². The lowest BCUT2D eigenvalue weighted by molar-refractivity contribution is -0.0192. The number of rotatable bonds is 6. The van der Waals surface area contributed by atoms with Crippen LogP contribution in [0.4, 0.5) is 8.78 Å². The second kappa shape index (κ2) is 7.82. The van der Waals surface area contributed by atoms with E-state index in [1.807, 2.05) is 6.92 Å². The molecular formula is C16H24F2N2O. The molecule has 2 rings (SSSR count). The van der Waals surface area contributed by atoms with Crippen molar-refractivity contribution in [2.75, 3.05) is 32.8 Å². The van der Waals surface area contributed by atoms with Gasteiger partial charge in [0.2, 0.25) is 0 Å². The molecule has 1 aliphatic heterocycles. The Labute approximate surface area is 125 Å². The first kappa shape index (κ1) is 16.3. The van der Waals surface area contributed by atoms with Crippen LogP contribution >= 0.6 is 0 Å². The van der Waals surface area contributed by atoms with Gasteiger partial charge in [0.25, 0.3) is 0 Å². The molecule has 5 heteroatoms. The molecule has 1 fully saturated rings. The molecule has 1 aliphatic rings. The highest BCUT2D eigenvalue weighted by atomic mass is 19.1. The molecule has 0 amide bonds. The normalized spacial score (nSPS) is 21.4. The van der Waals surface area contributed by atoms with E-state index in [-0.39, 0.29) is 12.1 Å². The van der Waals surface area contributed by atoms with Crippen LogP contribution in [0.1, 0.15) is 31.9 Å². The topological polar surface area (TPSA) is 24.5 Å². The number of hydrogen-bond donors (Lipinski definition) is 1. The monoisotopic (exact) mass is 298 g/mol. The van der Waals surface area contributed by atoms with E-state index in [2.05, 4.69) is 17.1 Å². The molecule has 0 aliphatic carbocycles. The summed E-state index contributed by atoms with van der Waals surface area (Å²) in [6.07, 6.45) is 1.08. The fraction of sp³-hybridized carbons (Fsp3) is 0.625. The Morgan fingerprint density at radius 3 is 2.67 bits per heavy atom. The maximum Gasteiger partial charge on any atom is 0.126 e. The number of hydrogen-bond acceptors (Lipinski definition) is 3. The molecule has 21 heavy (non-hydrogen) atoms. The summed E-state index contributed by atoms with van der Waals surface area (Å²) in [5.41, 5.74) is 0.677. The third kappa shape index (κ3) is 5.02. The molecule has 0 spiro atoms. The number of nitrogens with one attached hydrogen (secondary N) is 1. The van der Waals surface area contributed by atoms with Crippen molar-refractivity contribution in [1.82, 2.24) is 10.2 Å². The molecule has 3 nitrogen and oxygen atoms in total. The average Bonchev–Trinajstić information content (AvgIpc) is 2.42. The highest BCUT2D eigenvalue weighted by molar-refractivity contribution is 5.21. The van der Waals surface area contributed by atoms with Gasteiger partial charge >= 0.3 is 0 Å². The maximum atomic E-state index is 13.4. The van der Waals surface area contributed by atoms with Crippen molar-refractivity contribution in [1.29, 1.82) is 0 Å². The minimum Gasteiger partial charge on any atom is -0.376 e. The van der Waals surface area contributed by atoms with E-state index in [0.717, 1.165) is 45.3 Å². The van der Waals surface area contributed by atoms with E-state index >= 15 is 0 Å². The van der Waals surface area contributed by atoms with Gasteiger partial charge in [0.15, 0.2) is 0 Å². The van der Waals surface area contributed by atoms with E-state index in [9.17, 15) is 8.78 Å². The molecule has 1 N–H and O–H groups in total. The van der Waals surface area contributed by atoms with Crippen LogP contribution in [-0.4, -0.2) is 43.8 Å². The maximum absolute atomic E-state index is 13.4. The van der Waals surface area contributed by atoms with Gasteiger partial charge in [0.05, 0.1) is 12.7 Å². The first-order chi connectivity index (χ1) is 10.1. The Hall–Kier alpha value is -1.04. The lowest BCUT2D eigenvalue weighted by atomic mass is 10.0. The Morgan fingerprint density at radius 1 is 1.33 bits per heavy atom. The zero-order chi connectivity index (χ0) is 15.2. The number of ether oxygens (including phenoxy) is 1. The lowest BCUT2D eigenvalue weighted by Gasteiger charge is -2.32. The van der Waals surface area contributed by atoms with Gasteiger partial charge in [-0.15, -0.1) is 0 Å². The number of nitrogens with zero attached hydrogens (tertiary/aromatic N) is 1. The first-order valence-corrected chi connectivity index (χ1v) is 7.61. The van der Waals surface area contributed by atoms with Crippen LogP contribution in [0.25, 0.3) is 0 Å². The van der Waals surface area contributed by atoms with Gasteiger partial charge in [0, 0.05) is 31.7 Å². The van der Waals surface area contributed by atoms with E-state index in [1.165, 1.54) is 12.1 Å². The zero-order valence-corrected chi connectivity index (χ0v) is 12.7. The fourth-order valence-corrected chi connectivity index (χ4v) is 2.81. The molecule has 118 valence electrons. The van der Waals surface area contributed by atoms with Gasteiger partial charge in [-0.1, -0.05) is 6.92 Å². The predicted molar refractivity (Wildman–Crippen MR) is 79.2 cm³/mol. The SMILES string of the molecule is CCNC(CCN1CCOC(C)C1)c1cc(F)cc(F)c1. The smallest absolute Gasteiger partial charge is 0.126 e. The largest absolute Gasteiger partial charge is 0.376 e. The summed E-state index contributed by atoms with van der Waals surface area (Å²) in [4.78, 5) is 2.34. The quantitative estimate of drug-likeness (QED) is 0.874. The third-order valence-electron chi connectivity index (χ3n) is 3.80. The summed E-state index contributed by atoms with van der Waals surface area (Å²) >= 11 is 0. The van der Waals surface area contributed by atoms with E-state index in [0.29, 0.717) is 5.56 Å². The fourth-order valence-electron chi connectivity index (χ4n) is 2.81. The highest BCUT2D eigenvalue weighted by Gasteiger charge is 2.19. The first-order valence-electron chi connectivity index (χ1n) is 7.61. The summed E-state index contributed by atoms with van der Waals surface area (Å²) in [6, 6.07) is 3.71. The van der Waals surface area contributed by atoms with Crippen LogP contribution in [0.5, 0.6) is 0 Å². The number of benzene rings is 1. The van der Waals surface area contributed by atoms with Crippen molar-refractivity contribution in [2.24, 2.45) is 0 Å². The number of morpholine rings is 1. The van der Waals surface area contributed by atoms with Gasteiger partial charge in [-0.2, -0.15) is 0 Å². The van der Waals surface area contributed by atoms with Crippen LogP contribution < -0.4 is 5.32 Å². The van der Waals surface area contributed by atoms with Crippen molar-refractivity contribution < 1.29 is 13.5 Å². The standard InChI is InChI=1S/C16H24F2N2O/c1-3-19-16(13-8-14(17)10-15(18)9-13)4-5-20-6-7-21-12(2)11-20/h8-10,12,16,19H,3-7,11H2,1-2H3. The van der Waals surface area contributed by atoms with Crippen LogP contribution in [0, 0.1) is 11.6 Å². The molecule has 1 heterocycles. The molecule has 1 aromatic rings. The van der Waals surface area contributed by atoms with Gasteiger partial charge in [-0.25, -0.2) is 8.78 Å². The molecular weight excluding hydrogens is 274 g/mol. The zero-order valence-electron chi connectivity index (χ0n) is 12.7. The van der Waals surface area contributed by atoms with Crippen molar-refractivity contribution in [3.05, 3.63) is 35.4 Å². The summed E-state index contributed by atoms with van der Waals surface area (Å²) in [7, 11) is 0. The summed E-state index contributed by atoms with van der Waals surface area (Å²) in [6.45, 7) is 8.31. The molecule has 1 aromatic carbocycles. The van der Waals surface area contributed by atoms with Gasteiger partial charge < -0.3 is 10.1 Å². The van der Waals surface area contributed by atoms with Crippen molar-refractivity contribution in [3.8, 4) is 0 Å². The van der Waals surface area contributed by atoms with Gasteiger partial charge in [-0.05, 0) is 37.6 Å². The average molecular weight is 298 g/mol. The Morgan fingerprint density at radius 2 is 2.05 bits per heavy atom. The molecule has 2 atom stereocenters.